The average molecular weight is 221 g/mol. The molecule has 0 unspecified atom stereocenters. The van der Waals surface area contributed by atoms with E-state index in [4.69, 9.17) is 0 Å². The smallest absolute Gasteiger partial charge is 0.368 e. The van der Waals surface area contributed by atoms with Crippen LogP contribution in [0.4, 0.5) is 0 Å². The van der Waals surface area contributed by atoms with E-state index in [1.165, 1.54) is 0 Å². The fourth-order valence-electron chi connectivity index (χ4n) is 0.489. The highest BCUT2D eigenvalue weighted by molar-refractivity contribution is 7.81. The van der Waals surface area contributed by atoms with Crippen LogP contribution in [-0.4, -0.2) is 22.3 Å². The lowest BCUT2D eigenvalue weighted by Gasteiger charge is -2.01. The summed E-state index contributed by atoms with van der Waals surface area (Å²) in [6, 6.07) is 0. The van der Waals surface area contributed by atoms with E-state index >= 15 is 0 Å². The van der Waals surface area contributed by atoms with Crippen LogP contribution in [0.25, 0.3) is 0 Å². The number of hydrogen-bond acceptors (Lipinski definition) is 5. The predicted octanol–water partition coefficient (Wildman–Crippen LogP) is 0.921. The van der Waals surface area contributed by atoms with Gasteiger partial charge in [-0.3, -0.25) is 4.18 Å². The van der Waals surface area contributed by atoms with Gasteiger partial charge in [0.05, 0.1) is 7.11 Å². The summed E-state index contributed by atoms with van der Waals surface area (Å²) in [5.41, 5.74) is 1.06. The molecule has 0 aliphatic heterocycles. The van der Waals surface area contributed by atoms with E-state index in [0.29, 0.717) is 0 Å². The summed E-state index contributed by atoms with van der Waals surface area (Å²) >= 11 is 0. The number of nitrogens with one attached hydrogen (secondary N) is 1. The zero-order valence-electron chi connectivity index (χ0n) is 8.48. The molecule has 0 fully saturated rings. The first-order valence-electron chi connectivity index (χ1n) is 3.99. The number of hydrogen-bond donors (Lipinski definition) is 1. The van der Waals surface area contributed by atoms with Gasteiger partial charge in [0.25, 0.3) is 0 Å². The van der Waals surface area contributed by atoms with Crippen molar-refractivity contribution < 1.29 is 16.8 Å². The van der Waals surface area contributed by atoms with Crippen molar-refractivity contribution in [2.75, 3.05) is 13.8 Å². The van der Waals surface area contributed by atoms with Crippen LogP contribution < -0.4 is 5.32 Å². The van der Waals surface area contributed by atoms with Gasteiger partial charge >= 0.3 is 10.4 Å². The second-order valence-corrected chi connectivity index (χ2v) is 3.79. The summed E-state index contributed by atoms with van der Waals surface area (Å²) in [7, 11) is -2.80. The lowest BCUT2D eigenvalue weighted by molar-refractivity contribution is 0.236. The fourth-order valence-corrected chi connectivity index (χ4v) is 0.798. The van der Waals surface area contributed by atoms with Gasteiger partial charge in [0, 0.05) is 0 Å². The maximum atomic E-state index is 10.6. The highest BCUT2D eigenvalue weighted by Gasteiger charge is 2.06. The van der Waals surface area contributed by atoms with E-state index in [1.807, 2.05) is 19.9 Å². The molecular formula is C8H15NO4S. The van der Waals surface area contributed by atoms with Crippen LogP contribution >= 0.6 is 0 Å². The molecule has 1 N–H and O–H groups in total. The highest BCUT2D eigenvalue weighted by Crippen LogP contribution is 1.93. The largest absolute Gasteiger partial charge is 0.401 e. The van der Waals surface area contributed by atoms with E-state index in [0.717, 1.165) is 12.7 Å². The molecule has 82 valence electrons. The van der Waals surface area contributed by atoms with Crippen molar-refractivity contribution in [1.82, 2.24) is 5.32 Å². The van der Waals surface area contributed by atoms with Crippen LogP contribution in [0.5, 0.6) is 0 Å². The Morgan fingerprint density at radius 3 is 2.64 bits per heavy atom. The monoisotopic (exact) mass is 221 g/mol. The molecule has 0 heterocycles. The maximum Gasteiger partial charge on any atom is 0.401 e. The molecule has 0 saturated carbocycles. The zero-order chi connectivity index (χ0) is 11.0. The van der Waals surface area contributed by atoms with Gasteiger partial charge in [-0.1, -0.05) is 11.6 Å². The first-order chi connectivity index (χ1) is 6.52. The minimum absolute atomic E-state index is 0.149. The lowest BCUT2D eigenvalue weighted by atomic mass is 10.3. The van der Waals surface area contributed by atoms with Crippen molar-refractivity contribution in [3.05, 3.63) is 23.9 Å². The molecule has 0 bridgehead atoms. The normalized spacial score (nSPS) is 13.5. The molecule has 0 aromatic rings. The Morgan fingerprint density at radius 1 is 1.50 bits per heavy atom. The molecule has 0 saturated heterocycles. The van der Waals surface area contributed by atoms with Crippen molar-refractivity contribution in [3.8, 4) is 0 Å². The van der Waals surface area contributed by atoms with Crippen molar-refractivity contribution >= 4 is 10.4 Å². The topological polar surface area (TPSA) is 64.6 Å². The van der Waals surface area contributed by atoms with Crippen molar-refractivity contribution in [2.24, 2.45) is 0 Å². The van der Waals surface area contributed by atoms with Crippen molar-refractivity contribution in [2.45, 2.75) is 13.8 Å². The van der Waals surface area contributed by atoms with Crippen LogP contribution in [0.2, 0.25) is 0 Å². The first kappa shape index (κ1) is 13.2. The summed E-state index contributed by atoms with van der Waals surface area (Å²) in [4.78, 5) is 0. The van der Waals surface area contributed by atoms with Crippen molar-refractivity contribution in [3.63, 3.8) is 0 Å². The molecule has 0 rings (SSSR count). The van der Waals surface area contributed by atoms with Gasteiger partial charge in [-0.05, 0) is 26.1 Å². The van der Waals surface area contributed by atoms with Crippen LogP contribution in [0.1, 0.15) is 13.8 Å². The third-order valence-electron chi connectivity index (χ3n) is 1.41. The molecule has 0 aromatic carbocycles. The summed E-state index contributed by atoms with van der Waals surface area (Å²) in [6.45, 7) is 3.68. The molecule has 0 spiro atoms. The van der Waals surface area contributed by atoms with Gasteiger partial charge in [0.2, 0.25) is 0 Å². The van der Waals surface area contributed by atoms with E-state index in [-0.39, 0.29) is 6.73 Å². The van der Waals surface area contributed by atoms with Crippen LogP contribution in [0.15, 0.2) is 23.9 Å². The predicted molar refractivity (Wildman–Crippen MR) is 53.6 cm³/mol. The van der Waals surface area contributed by atoms with Crippen molar-refractivity contribution in [1.29, 1.82) is 0 Å². The molecule has 0 radical (unpaired) electrons. The lowest BCUT2D eigenvalue weighted by Crippen LogP contribution is -2.16. The minimum atomic E-state index is -3.84. The van der Waals surface area contributed by atoms with Gasteiger partial charge in [0.1, 0.15) is 6.73 Å². The fraction of sp³-hybridized carbons (Fsp3) is 0.500. The third-order valence-corrected chi connectivity index (χ3v) is 2.22. The molecule has 0 aromatic heterocycles. The maximum absolute atomic E-state index is 10.6. The zero-order valence-corrected chi connectivity index (χ0v) is 9.30. The van der Waals surface area contributed by atoms with Gasteiger partial charge in [-0.15, -0.1) is 0 Å². The summed E-state index contributed by atoms with van der Waals surface area (Å²) in [6.07, 6.45) is 5.31. The molecule has 0 atom stereocenters. The summed E-state index contributed by atoms with van der Waals surface area (Å²) in [5, 5.41) is 2.64. The van der Waals surface area contributed by atoms with E-state index in [1.54, 1.807) is 12.3 Å². The second kappa shape index (κ2) is 6.58. The Hall–Kier alpha value is -0.850. The van der Waals surface area contributed by atoms with Gasteiger partial charge < -0.3 is 5.32 Å². The molecule has 14 heavy (non-hydrogen) atoms. The molecule has 6 heteroatoms. The third kappa shape index (κ3) is 6.64. The van der Waals surface area contributed by atoms with Gasteiger partial charge in [-0.25, -0.2) is 4.18 Å². The van der Waals surface area contributed by atoms with Crippen LogP contribution in [0, 0.1) is 0 Å². The van der Waals surface area contributed by atoms with Crippen LogP contribution in [-0.2, 0) is 18.8 Å². The minimum Gasteiger partial charge on any atom is -0.368 e. The molecule has 5 nitrogen and oxygen atoms in total. The average Bonchev–Trinajstić information content (AvgIpc) is 2.17. The van der Waals surface area contributed by atoms with Crippen LogP contribution in [0.3, 0.4) is 0 Å². The standard InChI is InChI=1S/C8H15NO4S/c1-4-8(2)5-6-9-7-13-14(10,11)12-3/h4-6,9H,7H2,1-3H3. The number of allylic oxidation sites excluding steroid dienone is 3. The SMILES string of the molecule is CC=C(C)C=CNCOS(=O)(=O)OC. The molecule has 0 aliphatic carbocycles. The van der Waals surface area contributed by atoms with Gasteiger partial charge in [0.15, 0.2) is 0 Å². The Labute approximate surface area is 84.7 Å². The van der Waals surface area contributed by atoms with E-state index < -0.39 is 10.4 Å². The Bertz CT molecular complexity index is 305. The summed E-state index contributed by atoms with van der Waals surface area (Å²) < 4.78 is 29.7. The van der Waals surface area contributed by atoms with E-state index in [2.05, 4.69) is 13.7 Å². The highest BCUT2D eigenvalue weighted by atomic mass is 32.3. The Morgan fingerprint density at radius 2 is 2.14 bits per heavy atom. The Balaban J connectivity index is 3.73. The molecule has 0 amide bonds. The first-order valence-corrected chi connectivity index (χ1v) is 5.33. The second-order valence-electron chi connectivity index (χ2n) is 2.41. The van der Waals surface area contributed by atoms with Gasteiger partial charge in [-0.2, -0.15) is 8.42 Å². The molecule has 0 aliphatic rings. The number of rotatable bonds is 6. The summed E-state index contributed by atoms with van der Waals surface area (Å²) in [5.74, 6) is 0. The van der Waals surface area contributed by atoms with E-state index in [9.17, 15) is 8.42 Å². The quantitative estimate of drug-likeness (QED) is 0.410. The Kier molecular flexibility index (Phi) is 6.18. The molecular weight excluding hydrogens is 206 g/mol.